The van der Waals surface area contributed by atoms with Gasteiger partial charge < -0.3 is 4.57 Å². The van der Waals surface area contributed by atoms with Crippen LogP contribution in [-0.4, -0.2) is 34.0 Å². The van der Waals surface area contributed by atoms with Crippen molar-refractivity contribution in [3.63, 3.8) is 0 Å². The predicted octanol–water partition coefficient (Wildman–Crippen LogP) is 1.03. The van der Waals surface area contributed by atoms with Crippen LogP contribution in [0.25, 0.3) is 0 Å². The normalized spacial score (nSPS) is 16.5. The van der Waals surface area contributed by atoms with Gasteiger partial charge in [0, 0.05) is 25.0 Å². The van der Waals surface area contributed by atoms with Crippen LogP contribution < -0.4 is 0 Å². The molecule has 0 fully saturated rings. The third-order valence-electron chi connectivity index (χ3n) is 3.51. The molecule has 3 heterocycles. The Morgan fingerprint density at radius 2 is 2.11 bits per heavy atom. The van der Waals surface area contributed by atoms with Crippen LogP contribution >= 0.6 is 0 Å². The largest absolute Gasteiger partial charge is 0.349 e. The molecule has 1 aliphatic heterocycles. The second-order valence-corrected chi connectivity index (χ2v) is 6.67. The summed E-state index contributed by atoms with van der Waals surface area (Å²) in [5.74, 6) is 0. The fourth-order valence-corrected chi connectivity index (χ4v) is 4.28. The summed E-state index contributed by atoms with van der Waals surface area (Å²) in [6, 6.07) is 3.90. The van der Waals surface area contributed by atoms with Gasteiger partial charge in [-0.05, 0) is 26.0 Å². The molecule has 102 valence electrons. The Hall–Kier alpha value is -1.60. The van der Waals surface area contributed by atoms with Gasteiger partial charge >= 0.3 is 0 Å². The number of sulfonamides is 1. The number of hydrogen-bond acceptors (Lipinski definition) is 3. The topological polar surface area (TPSA) is 71.0 Å². The minimum absolute atomic E-state index is 0.313. The number of nitrogens with one attached hydrogen (secondary N) is 1. The summed E-state index contributed by atoms with van der Waals surface area (Å²) in [6.45, 7) is 5.05. The van der Waals surface area contributed by atoms with Crippen LogP contribution in [0.4, 0.5) is 0 Å². The van der Waals surface area contributed by atoms with E-state index < -0.39 is 10.0 Å². The van der Waals surface area contributed by atoms with Gasteiger partial charge in [0.25, 0.3) is 0 Å². The fourth-order valence-electron chi connectivity index (χ4n) is 2.55. The number of nitrogens with zero attached hydrogens (tertiary/aromatic N) is 3. The van der Waals surface area contributed by atoms with E-state index >= 15 is 0 Å². The summed E-state index contributed by atoms with van der Waals surface area (Å²) in [5, 5.41) is 6.71. The van der Waals surface area contributed by atoms with Crippen molar-refractivity contribution in [1.82, 2.24) is 19.1 Å². The van der Waals surface area contributed by atoms with Gasteiger partial charge in [0.15, 0.2) is 0 Å². The van der Waals surface area contributed by atoms with Gasteiger partial charge in [0.2, 0.25) is 10.0 Å². The molecule has 0 unspecified atom stereocenters. The van der Waals surface area contributed by atoms with Crippen LogP contribution in [0.1, 0.15) is 17.1 Å². The third kappa shape index (κ3) is 1.89. The summed E-state index contributed by atoms with van der Waals surface area (Å²) in [5.41, 5.74) is 2.14. The first-order chi connectivity index (χ1) is 9.00. The monoisotopic (exact) mass is 280 g/mol. The van der Waals surface area contributed by atoms with Gasteiger partial charge in [-0.2, -0.15) is 9.40 Å². The van der Waals surface area contributed by atoms with E-state index in [1.807, 2.05) is 18.3 Å². The van der Waals surface area contributed by atoms with E-state index in [0.29, 0.717) is 35.9 Å². The fraction of sp³-hybridized carbons (Fsp3) is 0.417. The Morgan fingerprint density at radius 3 is 2.79 bits per heavy atom. The van der Waals surface area contributed by atoms with Gasteiger partial charge in [0.05, 0.1) is 17.9 Å². The highest BCUT2D eigenvalue weighted by atomic mass is 32.2. The number of aromatic amines is 1. The molecule has 2 aromatic rings. The van der Waals surface area contributed by atoms with E-state index in [0.717, 1.165) is 5.69 Å². The van der Waals surface area contributed by atoms with Crippen LogP contribution in [0.2, 0.25) is 0 Å². The summed E-state index contributed by atoms with van der Waals surface area (Å²) in [6.07, 6.45) is 1.98. The zero-order chi connectivity index (χ0) is 13.6. The number of hydrogen-bond donors (Lipinski definition) is 1. The maximum Gasteiger partial charge on any atom is 0.247 e. The summed E-state index contributed by atoms with van der Waals surface area (Å²) < 4.78 is 29.0. The predicted molar refractivity (Wildman–Crippen MR) is 70.1 cm³/mol. The maximum atomic E-state index is 12.7. The molecule has 0 bridgehead atoms. The van der Waals surface area contributed by atoms with Crippen molar-refractivity contribution in [2.75, 3.05) is 6.54 Å². The van der Waals surface area contributed by atoms with Gasteiger partial charge in [0.1, 0.15) is 4.90 Å². The first-order valence-corrected chi connectivity index (χ1v) is 7.60. The summed E-state index contributed by atoms with van der Waals surface area (Å²) in [4.78, 5) is 0.313. The van der Waals surface area contributed by atoms with Crippen molar-refractivity contribution in [2.45, 2.75) is 31.8 Å². The standard InChI is InChI=1S/C12H16N4O2S/c1-9-12(10(2)14-13-9)19(17,18)16-7-6-15-5-3-4-11(15)8-16/h3-5H,6-8H2,1-2H3,(H,13,14). The summed E-state index contributed by atoms with van der Waals surface area (Å²) >= 11 is 0. The Kier molecular flexibility index (Phi) is 2.75. The average molecular weight is 280 g/mol. The van der Waals surface area contributed by atoms with E-state index in [1.165, 1.54) is 4.31 Å². The van der Waals surface area contributed by atoms with Crippen LogP contribution in [0.5, 0.6) is 0 Å². The summed E-state index contributed by atoms with van der Waals surface area (Å²) in [7, 11) is -3.47. The SMILES string of the molecule is Cc1n[nH]c(C)c1S(=O)(=O)N1CCn2cccc2C1. The lowest BCUT2D eigenvalue weighted by Crippen LogP contribution is -2.38. The minimum atomic E-state index is -3.47. The highest BCUT2D eigenvalue weighted by Gasteiger charge is 2.31. The number of aromatic nitrogens is 3. The van der Waals surface area contributed by atoms with Crippen molar-refractivity contribution >= 4 is 10.0 Å². The molecule has 0 saturated heterocycles. The zero-order valence-corrected chi connectivity index (χ0v) is 11.7. The van der Waals surface area contributed by atoms with Crippen molar-refractivity contribution in [2.24, 2.45) is 0 Å². The molecule has 1 N–H and O–H groups in total. The van der Waals surface area contributed by atoms with E-state index in [9.17, 15) is 8.42 Å². The first kappa shape index (κ1) is 12.4. The van der Waals surface area contributed by atoms with Crippen molar-refractivity contribution < 1.29 is 8.42 Å². The Labute approximate surface area is 112 Å². The average Bonchev–Trinajstić information content (AvgIpc) is 2.95. The smallest absolute Gasteiger partial charge is 0.247 e. The third-order valence-corrected chi connectivity index (χ3v) is 5.62. The Morgan fingerprint density at radius 1 is 1.32 bits per heavy atom. The lowest BCUT2D eigenvalue weighted by molar-refractivity contribution is 0.341. The van der Waals surface area contributed by atoms with Crippen LogP contribution in [-0.2, 0) is 23.1 Å². The Balaban J connectivity index is 1.99. The molecule has 2 aromatic heterocycles. The maximum absolute atomic E-state index is 12.7. The molecule has 7 heteroatoms. The number of rotatable bonds is 2. The molecular formula is C12H16N4O2S. The second-order valence-electron chi connectivity index (χ2n) is 4.79. The van der Waals surface area contributed by atoms with Crippen molar-refractivity contribution in [1.29, 1.82) is 0 Å². The highest BCUT2D eigenvalue weighted by Crippen LogP contribution is 2.25. The minimum Gasteiger partial charge on any atom is -0.349 e. The van der Waals surface area contributed by atoms with Crippen LogP contribution in [0, 0.1) is 13.8 Å². The van der Waals surface area contributed by atoms with Gasteiger partial charge in [-0.25, -0.2) is 8.42 Å². The van der Waals surface area contributed by atoms with Gasteiger partial charge in [-0.15, -0.1) is 0 Å². The molecular weight excluding hydrogens is 264 g/mol. The molecule has 1 aliphatic rings. The number of fused-ring (bicyclic) bond motifs is 1. The Bertz CT molecular complexity index is 694. The molecule has 0 atom stereocenters. The van der Waals surface area contributed by atoms with E-state index in [2.05, 4.69) is 14.8 Å². The number of H-pyrrole nitrogens is 1. The quantitative estimate of drug-likeness (QED) is 0.893. The highest BCUT2D eigenvalue weighted by molar-refractivity contribution is 7.89. The lowest BCUT2D eigenvalue weighted by Gasteiger charge is -2.27. The molecule has 0 radical (unpaired) electrons. The molecule has 0 aliphatic carbocycles. The molecule has 6 nitrogen and oxygen atoms in total. The second kappa shape index (κ2) is 4.21. The van der Waals surface area contributed by atoms with E-state index in [4.69, 9.17) is 0 Å². The molecule has 0 saturated carbocycles. The first-order valence-electron chi connectivity index (χ1n) is 6.16. The van der Waals surface area contributed by atoms with Crippen molar-refractivity contribution in [3.8, 4) is 0 Å². The molecule has 19 heavy (non-hydrogen) atoms. The molecule has 0 spiro atoms. The van der Waals surface area contributed by atoms with Crippen LogP contribution in [0.3, 0.4) is 0 Å². The van der Waals surface area contributed by atoms with Gasteiger partial charge in [-0.3, -0.25) is 5.10 Å². The van der Waals surface area contributed by atoms with E-state index in [1.54, 1.807) is 13.8 Å². The number of aryl methyl sites for hydroxylation is 2. The van der Waals surface area contributed by atoms with Crippen LogP contribution in [0.15, 0.2) is 23.2 Å². The molecule has 0 amide bonds. The van der Waals surface area contributed by atoms with E-state index in [-0.39, 0.29) is 0 Å². The van der Waals surface area contributed by atoms with Crippen molar-refractivity contribution in [3.05, 3.63) is 35.4 Å². The zero-order valence-electron chi connectivity index (χ0n) is 10.9. The lowest BCUT2D eigenvalue weighted by atomic mass is 10.3. The molecule has 0 aromatic carbocycles. The molecule has 3 rings (SSSR count). The van der Waals surface area contributed by atoms with Gasteiger partial charge in [-0.1, -0.05) is 0 Å².